The molecule has 0 spiro atoms. The molecule has 4 nitrogen and oxygen atoms in total. The number of phenols is 1. The molecule has 0 saturated heterocycles. The fourth-order valence-corrected chi connectivity index (χ4v) is 1.99. The Balaban J connectivity index is 2.57. The molecule has 2 N–H and O–H groups in total. The van der Waals surface area contributed by atoms with Crippen molar-refractivity contribution in [1.82, 2.24) is 0 Å². The number of carbonyl (C=O) groups is 1. The Labute approximate surface area is 131 Å². The third-order valence-electron chi connectivity index (χ3n) is 3.24. The maximum Gasteiger partial charge on any atom is 0.161 e. The standard InChI is InChI=1S/C18H24O4/c1-3-4-5-6-7-15(19)13-16(20)10-8-14-9-11-17(21)18(12-14)22-2/h8-13,20-21H,3-7H2,1-2H3. The molecule has 0 radical (unpaired) electrons. The number of hydrogen-bond donors (Lipinski definition) is 2. The van der Waals surface area contributed by atoms with Crippen molar-refractivity contribution in [3.8, 4) is 11.5 Å². The fraction of sp³-hybridized carbons (Fsp3) is 0.389. The summed E-state index contributed by atoms with van der Waals surface area (Å²) in [6.07, 6.45) is 8.98. The lowest BCUT2D eigenvalue weighted by Crippen LogP contribution is -1.94. The number of ether oxygens (including phenoxy) is 1. The lowest BCUT2D eigenvalue weighted by molar-refractivity contribution is -0.114. The van der Waals surface area contributed by atoms with E-state index < -0.39 is 0 Å². The molecule has 0 saturated carbocycles. The Morgan fingerprint density at radius 3 is 2.73 bits per heavy atom. The van der Waals surface area contributed by atoms with Crippen molar-refractivity contribution in [2.75, 3.05) is 7.11 Å². The van der Waals surface area contributed by atoms with Gasteiger partial charge >= 0.3 is 0 Å². The zero-order valence-electron chi connectivity index (χ0n) is 13.2. The average molecular weight is 304 g/mol. The van der Waals surface area contributed by atoms with Gasteiger partial charge in [-0.1, -0.05) is 38.3 Å². The Morgan fingerprint density at radius 1 is 1.27 bits per heavy atom. The van der Waals surface area contributed by atoms with Gasteiger partial charge in [0, 0.05) is 12.5 Å². The third-order valence-corrected chi connectivity index (χ3v) is 3.24. The third kappa shape index (κ3) is 6.48. The van der Waals surface area contributed by atoms with E-state index in [1.54, 1.807) is 18.2 Å². The van der Waals surface area contributed by atoms with Gasteiger partial charge in [-0.05, 0) is 30.2 Å². The first-order valence-corrected chi connectivity index (χ1v) is 7.55. The van der Waals surface area contributed by atoms with Crippen LogP contribution in [0.5, 0.6) is 11.5 Å². The molecule has 0 heterocycles. The van der Waals surface area contributed by atoms with Crippen LogP contribution in [-0.4, -0.2) is 23.1 Å². The summed E-state index contributed by atoms with van der Waals surface area (Å²) in [7, 11) is 1.47. The predicted octanol–water partition coefficient (Wildman–Crippen LogP) is 4.40. The molecule has 1 aromatic rings. The molecule has 1 rings (SSSR count). The van der Waals surface area contributed by atoms with E-state index in [4.69, 9.17) is 4.74 Å². The molecule has 22 heavy (non-hydrogen) atoms. The van der Waals surface area contributed by atoms with Crippen LogP contribution in [0.15, 0.2) is 36.1 Å². The van der Waals surface area contributed by atoms with Gasteiger partial charge < -0.3 is 14.9 Å². The van der Waals surface area contributed by atoms with Crippen LogP contribution in [0.2, 0.25) is 0 Å². The number of allylic oxidation sites excluding steroid dienone is 2. The van der Waals surface area contributed by atoms with Crippen LogP contribution in [0.1, 0.15) is 44.6 Å². The van der Waals surface area contributed by atoms with Gasteiger partial charge in [-0.3, -0.25) is 4.79 Å². The van der Waals surface area contributed by atoms with E-state index in [2.05, 4.69) is 6.92 Å². The van der Waals surface area contributed by atoms with Crippen molar-refractivity contribution in [2.45, 2.75) is 39.0 Å². The molecular weight excluding hydrogens is 280 g/mol. The number of unbranched alkanes of at least 4 members (excludes halogenated alkanes) is 3. The number of aliphatic hydroxyl groups is 1. The van der Waals surface area contributed by atoms with Gasteiger partial charge in [0.05, 0.1) is 7.11 Å². The molecule has 0 unspecified atom stereocenters. The van der Waals surface area contributed by atoms with Crippen LogP contribution in [0.3, 0.4) is 0 Å². The van der Waals surface area contributed by atoms with Crippen molar-refractivity contribution in [2.24, 2.45) is 0 Å². The first kappa shape index (κ1) is 17.8. The van der Waals surface area contributed by atoms with Crippen molar-refractivity contribution >= 4 is 11.9 Å². The minimum atomic E-state index is -0.0764. The minimum Gasteiger partial charge on any atom is -0.508 e. The molecule has 0 fully saturated rings. The summed E-state index contributed by atoms with van der Waals surface area (Å²) in [5.74, 6) is 0.272. The van der Waals surface area contributed by atoms with Gasteiger partial charge in [0.25, 0.3) is 0 Å². The largest absolute Gasteiger partial charge is 0.508 e. The number of methoxy groups -OCH3 is 1. The number of phenolic OH excluding ortho intramolecular Hbond substituents is 1. The molecule has 0 aromatic heterocycles. The maximum atomic E-state index is 11.6. The monoisotopic (exact) mass is 304 g/mol. The topological polar surface area (TPSA) is 66.8 Å². The summed E-state index contributed by atoms with van der Waals surface area (Å²) < 4.78 is 5.01. The molecule has 0 amide bonds. The lowest BCUT2D eigenvalue weighted by Gasteiger charge is -2.03. The van der Waals surface area contributed by atoms with Crippen LogP contribution >= 0.6 is 0 Å². The van der Waals surface area contributed by atoms with E-state index in [1.807, 2.05) is 0 Å². The Morgan fingerprint density at radius 2 is 2.05 bits per heavy atom. The van der Waals surface area contributed by atoms with E-state index in [9.17, 15) is 15.0 Å². The molecule has 0 bridgehead atoms. The van der Waals surface area contributed by atoms with E-state index in [0.717, 1.165) is 31.2 Å². The van der Waals surface area contributed by atoms with E-state index in [0.29, 0.717) is 12.2 Å². The second kappa shape index (κ2) is 9.66. The number of ketones is 1. The smallest absolute Gasteiger partial charge is 0.161 e. The maximum absolute atomic E-state index is 11.6. The Kier molecular flexibility index (Phi) is 7.83. The predicted molar refractivity (Wildman–Crippen MR) is 88.2 cm³/mol. The second-order valence-corrected chi connectivity index (χ2v) is 5.11. The quantitative estimate of drug-likeness (QED) is 0.307. The van der Waals surface area contributed by atoms with Gasteiger partial charge in [-0.15, -0.1) is 0 Å². The summed E-state index contributed by atoms with van der Waals surface area (Å²) in [5, 5.41) is 19.2. The molecule has 120 valence electrons. The highest BCUT2D eigenvalue weighted by atomic mass is 16.5. The summed E-state index contributed by atoms with van der Waals surface area (Å²) in [6, 6.07) is 4.85. The van der Waals surface area contributed by atoms with Crippen LogP contribution in [0.4, 0.5) is 0 Å². The minimum absolute atomic E-state index is 0.0571. The highest BCUT2D eigenvalue weighted by Gasteiger charge is 2.01. The van der Waals surface area contributed by atoms with Gasteiger partial charge in [0.15, 0.2) is 17.3 Å². The van der Waals surface area contributed by atoms with Crippen LogP contribution in [-0.2, 0) is 4.79 Å². The molecule has 0 aliphatic rings. The van der Waals surface area contributed by atoms with Crippen molar-refractivity contribution in [3.05, 3.63) is 41.7 Å². The number of benzene rings is 1. The number of aromatic hydroxyl groups is 1. The van der Waals surface area contributed by atoms with Crippen LogP contribution in [0.25, 0.3) is 6.08 Å². The molecular formula is C18H24O4. The zero-order valence-corrected chi connectivity index (χ0v) is 13.2. The second-order valence-electron chi connectivity index (χ2n) is 5.11. The van der Waals surface area contributed by atoms with Crippen molar-refractivity contribution < 1.29 is 19.7 Å². The van der Waals surface area contributed by atoms with E-state index >= 15 is 0 Å². The molecule has 0 atom stereocenters. The number of hydrogen-bond acceptors (Lipinski definition) is 4. The zero-order chi connectivity index (χ0) is 16.4. The van der Waals surface area contributed by atoms with Crippen molar-refractivity contribution in [1.29, 1.82) is 0 Å². The van der Waals surface area contributed by atoms with Crippen LogP contribution in [0, 0.1) is 0 Å². The molecule has 4 heteroatoms. The Hall–Kier alpha value is -2.23. The number of rotatable bonds is 9. The Bertz CT molecular complexity index is 544. The normalized spacial score (nSPS) is 11.8. The summed E-state index contributed by atoms with van der Waals surface area (Å²) >= 11 is 0. The van der Waals surface area contributed by atoms with E-state index in [-0.39, 0.29) is 17.3 Å². The van der Waals surface area contributed by atoms with Gasteiger partial charge in [-0.2, -0.15) is 0 Å². The number of carbonyl (C=O) groups excluding carboxylic acids is 1. The highest BCUT2D eigenvalue weighted by Crippen LogP contribution is 2.26. The SMILES string of the molecule is CCCCCCC(=O)C=C(O)C=Cc1ccc(O)c(OC)c1. The first-order chi connectivity index (χ1) is 10.6. The molecule has 0 aliphatic heterocycles. The van der Waals surface area contributed by atoms with Crippen molar-refractivity contribution in [3.63, 3.8) is 0 Å². The summed E-state index contributed by atoms with van der Waals surface area (Å²) in [6.45, 7) is 2.12. The summed E-state index contributed by atoms with van der Waals surface area (Å²) in [5.41, 5.74) is 0.755. The van der Waals surface area contributed by atoms with Gasteiger partial charge in [0.1, 0.15) is 5.76 Å². The van der Waals surface area contributed by atoms with Crippen LogP contribution < -0.4 is 4.74 Å². The number of aliphatic hydroxyl groups excluding tert-OH is 1. The first-order valence-electron chi connectivity index (χ1n) is 7.55. The summed E-state index contributed by atoms with van der Waals surface area (Å²) in [4.78, 5) is 11.6. The van der Waals surface area contributed by atoms with E-state index in [1.165, 1.54) is 25.3 Å². The average Bonchev–Trinajstić information content (AvgIpc) is 2.50. The van der Waals surface area contributed by atoms with Gasteiger partial charge in [0.2, 0.25) is 0 Å². The lowest BCUT2D eigenvalue weighted by atomic mass is 10.1. The fourth-order valence-electron chi connectivity index (χ4n) is 1.99. The van der Waals surface area contributed by atoms with Gasteiger partial charge in [-0.25, -0.2) is 0 Å². The highest BCUT2D eigenvalue weighted by molar-refractivity contribution is 5.90. The molecule has 1 aromatic carbocycles. The molecule has 0 aliphatic carbocycles.